The molecule has 0 atom stereocenters. The third kappa shape index (κ3) is 3.04. The highest BCUT2D eigenvalue weighted by Gasteiger charge is 2.14. The van der Waals surface area contributed by atoms with Crippen LogP contribution < -0.4 is 14.8 Å². The fraction of sp³-hybridized carbons (Fsp3) is 0.125. The van der Waals surface area contributed by atoms with Gasteiger partial charge in [-0.2, -0.15) is 0 Å². The van der Waals surface area contributed by atoms with E-state index in [2.05, 4.69) is 10.3 Å². The Morgan fingerprint density at radius 2 is 2.04 bits per heavy atom. The van der Waals surface area contributed by atoms with E-state index in [1.165, 1.54) is 11.3 Å². The molecule has 1 N–H and O–H groups in total. The van der Waals surface area contributed by atoms with Crippen LogP contribution in [-0.2, 0) is 0 Å². The van der Waals surface area contributed by atoms with Crippen LogP contribution >= 0.6 is 11.3 Å². The van der Waals surface area contributed by atoms with Crippen LogP contribution in [0, 0.1) is 0 Å². The molecule has 0 saturated carbocycles. The second-order valence-electron chi connectivity index (χ2n) is 4.63. The molecular formula is C16H15N3O3S. The molecule has 23 heavy (non-hydrogen) atoms. The molecule has 0 spiro atoms. The van der Waals surface area contributed by atoms with Crippen LogP contribution in [-0.4, -0.2) is 29.7 Å². The molecule has 7 heteroatoms. The number of nitrogens with one attached hydrogen (secondary N) is 1. The summed E-state index contributed by atoms with van der Waals surface area (Å²) in [4.78, 5) is 16.6. The Morgan fingerprint density at radius 3 is 2.74 bits per heavy atom. The Kier molecular flexibility index (Phi) is 4.29. The van der Waals surface area contributed by atoms with Gasteiger partial charge in [0.15, 0.2) is 11.5 Å². The molecular weight excluding hydrogens is 314 g/mol. The molecule has 1 aromatic carbocycles. The highest BCUT2D eigenvalue weighted by Crippen LogP contribution is 2.30. The number of anilines is 1. The highest BCUT2D eigenvalue weighted by molar-refractivity contribution is 7.12. The third-order valence-corrected chi connectivity index (χ3v) is 4.05. The molecule has 0 bridgehead atoms. The van der Waals surface area contributed by atoms with E-state index in [-0.39, 0.29) is 5.91 Å². The van der Waals surface area contributed by atoms with Crippen LogP contribution in [0.2, 0.25) is 0 Å². The fourth-order valence-corrected chi connectivity index (χ4v) is 2.82. The Hall–Kier alpha value is -2.80. The van der Waals surface area contributed by atoms with Crippen LogP contribution in [0.3, 0.4) is 0 Å². The van der Waals surface area contributed by atoms with Crippen molar-refractivity contribution < 1.29 is 14.3 Å². The van der Waals surface area contributed by atoms with Crippen molar-refractivity contribution in [1.82, 2.24) is 9.55 Å². The summed E-state index contributed by atoms with van der Waals surface area (Å²) in [5.74, 6) is 0.956. The summed E-state index contributed by atoms with van der Waals surface area (Å²) >= 11 is 1.46. The SMILES string of the molecule is COc1ccc(NC(=O)c2cccn2-c2cncs2)cc1OC. The van der Waals surface area contributed by atoms with Gasteiger partial charge in [-0.25, -0.2) is 0 Å². The number of amides is 1. The third-order valence-electron chi connectivity index (χ3n) is 3.28. The lowest BCUT2D eigenvalue weighted by Gasteiger charge is -2.11. The summed E-state index contributed by atoms with van der Waals surface area (Å²) in [6.45, 7) is 0. The van der Waals surface area contributed by atoms with Gasteiger partial charge in [-0.1, -0.05) is 0 Å². The second-order valence-corrected chi connectivity index (χ2v) is 5.49. The minimum absolute atomic E-state index is 0.212. The van der Waals surface area contributed by atoms with Crippen LogP contribution in [0.15, 0.2) is 48.2 Å². The standard InChI is InChI=1S/C16H15N3O3S/c1-21-13-6-5-11(8-14(13)22-2)18-16(20)12-4-3-7-19(12)15-9-17-10-23-15/h3-10H,1-2H3,(H,18,20). The lowest BCUT2D eigenvalue weighted by molar-refractivity contribution is 0.102. The number of carbonyl (C=O) groups excluding carboxylic acids is 1. The molecule has 118 valence electrons. The predicted octanol–water partition coefficient (Wildman–Crippen LogP) is 3.20. The maximum absolute atomic E-state index is 12.5. The Bertz CT molecular complexity index is 812. The van der Waals surface area contributed by atoms with E-state index in [1.54, 1.807) is 54.8 Å². The summed E-state index contributed by atoms with van der Waals surface area (Å²) in [6.07, 6.45) is 3.55. The van der Waals surface area contributed by atoms with Crippen molar-refractivity contribution in [1.29, 1.82) is 0 Å². The van der Waals surface area contributed by atoms with E-state index < -0.39 is 0 Å². The minimum Gasteiger partial charge on any atom is -0.493 e. The van der Waals surface area contributed by atoms with Crippen molar-refractivity contribution in [3.63, 3.8) is 0 Å². The first-order valence-corrected chi connectivity index (χ1v) is 7.70. The zero-order valence-corrected chi connectivity index (χ0v) is 13.5. The second kappa shape index (κ2) is 6.53. The van der Waals surface area contributed by atoms with Gasteiger partial charge in [0, 0.05) is 18.0 Å². The van der Waals surface area contributed by atoms with E-state index in [1.807, 2.05) is 12.3 Å². The molecule has 0 fully saturated rings. The van der Waals surface area contributed by atoms with Crippen molar-refractivity contribution in [2.24, 2.45) is 0 Å². The van der Waals surface area contributed by atoms with Gasteiger partial charge < -0.3 is 19.4 Å². The quantitative estimate of drug-likeness (QED) is 0.780. The first-order valence-electron chi connectivity index (χ1n) is 6.82. The molecule has 6 nitrogen and oxygen atoms in total. The van der Waals surface area contributed by atoms with Crippen LogP contribution in [0.25, 0.3) is 5.00 Å². The number of carbonyl (C=O) groups is 1. The largest absolute Gasteiger partial charge is 0.493 e. The summed E-state index contributed by atoms with van der Waals surface area (Å²) in [7, 11) is 3.12. The first-order chi connectivity index (χ1) is 11.2. The molecule has 0 saturated heterocycles. The molecule has 2 aromatic heterocycles. The predicted molar refractivity (Wildman–Crippen MR) is 88.9 cm³/mol. The van der Waals surface area contributed by atoms with Gasteiger partial charge in [-0.05, 0) is 24.3 Å². The average Bonchev–Trinajstić information content (AvgIpc) is 3.25. The molecule has 0 aliphatic carbocycles. The lowest BCUT2D eigenvalue weighted by Crippen LogP contribution is -2.15. The van der Waals surface area contributed by atoms with Crippen molar-refractivity contribution in [2.45, 2.75) is 0 Å². The Balaban J connectivity index is 1.84. The van der Waals surface area contributed by atoms with E-state index in [4.69, 9.17) is 9.47 Å². The number of thiazole rings is 1. The van der Waals surface area contributed by atoms with Crippen molar-refractivity contribution >= 4 is 22.9 Å². The first kappa shape index (κ1) is 15.1. The van der Waals surface area contributed by atoms with Crippen molar-refractivity contribution in [3.8, 4) is 16.5 Å². The van der Waals surface area contributed by atoms with E-state index >= 15 is 0 Å². The number of rotatable bonds is 5. The number of methoxy groups -OCH3 is 2. The summed E-state index contributed by atoms with van der Waals surface area (Å²) < 4.78 is 12.2. The molecule has 1 amide bonds. The maximum Gasteiger partial charge on any atom is 0.272 e. The number of nitrogens with zero attached hydrogens (tertiary/aromatic N) is 2. The van der Waals surface area contributed by atoms with E-state index in [0.29, 0.717) is 22.9 Å². The fourth-order valence-electron chi connectivity index (χ4n) is 2.20. The highest BCUT2D eigenvalue weighted by atomic mass is 32.1. The van der Waals surface area contributed by atoms with Crippen LogP contribution in [0.4, 0.5) is 5.69 Å². The Morgan fingerprint density at radius 1 is 1.22 bits per heavy atom. The molecule has 0 aliphatic heterocycles. The molecule has 0 unspecified atom stereocenters. The van der Waals surface area contributed by atoms with E-state index in [0.717, 1.165) is 5.00 Å². The Labute approximate surface area is 137 Å². The zero-order chi connectivity index (χ0) is 16.2. The van der Waals surface area contributed by atoms with Gasteiger partial charge in [0.2, 0.25) is 0 Å². The number of hydrogen-bond donors (Lipinski definition) is 1. The van der Waals surface area contributed by atoms with Gasteiger partial charge in [-0.3, -0.25) is 9.78 Å². The van der Waals surface area contributed by atoms with Gasteiger partial charge in [0.1, 0.15) is 10.7 Å². The monoisotopic (exact) mass is 329 g/mol. The minimum atomic E-state index is -0.212. The summed E-state index contributed by atoms with van der Waals surface area (Å²) in [6, 6.07) is 8.81. The zero-order valence-electron chi connectivity index (χ0n) is 12.6. The van der Waals surface area contributed by atoms with Gasteiger partial charge >= 0.3 is 0 Å². The molecule has 0 radical (unpaired) electrons. The average molecular weight is 329 g/mol. The number of hydrogen-bond acceptors (Lipinski definition) is 5. The molecule has 2 heterocycles. The molecule has 0 aliphatic rings. The summed E-state index contributed by atoms with van der Waals surface area (Å²) in [5.41, 5.74) is 2.89. The van der Waals surface area contributed by atoms with Gasteiger partial charge in [-0.15, -0.1) is 11.3 Å². The summed E-state index contributed by atoms with van der Waals surface area (Å²) in [5, 5.41) is 3.74. The molecule has 3 rings (SSSR count). The van der Waals surface area contributed by atoms with Gasteiger partial charge in [0.25, 0.3) is 5.91 Å². The topological polar surface area (TPSA) is 65.4 Å². The van der Waals surface area contributed by atoms with Crippen molar-refractivity contribution in [2.75, 3.05) is 19.5 Å². The molecule has 3 aromatic rings. The number of ether oxygens (including phenoxy) is 2. The smallest absolute Gasteiger partial charge is 0.272 e. The van der Waals surface area contributed by atoms with Crippen LogP contribution in [0.1, 0.15) is 10.5 Å². The van der Waals surface area contributed by atoms with E-state index in [9.17, 15) is 4.79 Å². The maximum atomic E-state index is 12.5. The number of aromatic nitrogens is 2. The van der Waals surface area contributed by atoms with Gasteiger partial charge in [0.05, 0.1) is 25.9 Å². The van der Waals surface area contributed by atoms with Crippen molar-refractivity contribution in [3.05, 3.63) is 53.9 Å². The normalized spacial score (nSPS) is 10.3. The number of benzene rings is 1. The van der Waals surface area contributed by atoms with Crippen LogP contribution in [0.5, 0.6) is 11.5 Å². The lowest BCUT2D eigenvalue weighted by atomic mass is 10.2.